The maximum absolute atomic E-state index is 13.1. The van der Waals surface area contributed by atoms with Crippen LogP contribution in [0.3, 0.4) is 0 Å². The first-order valence-corrected chi connectivity index (χ1v) is 9.67. The second kappa shape index (κ2) is 7.90. The maximum atomic E-state index is 13.1. The highest BCUT2D eigenvalue weighted by atomic mass is 16.2. The SMILES string of the molecule is CC(C)C(C(=O)NCc1cccnc1-n1cccn1)N1C(=O)c2ccccc2C1=O. The lowest BCUT2D eigenvalue weighted by atomic mass is 10.0. The van der Waals surface area contributed by atoms with E-state index in [0.717, 1.165) is 10.5 Å². The highest BCUT2D eigenvalue weighted by Gasteiger charge is 2.43. The second-order valence-corrected chi connectivity index (χ2v) is 7.37. The number of rotatable bonds is 6. The molecule has 0 spiro atoms. The molecule has 0 saturated heterocycles. The van der Waals surface area contributed by atoms with Crippen molar-refractivity contribution in [2.45, 2.75) is 26.4 Å². The molecule has 1 N–H and O–H groups in total. The summed E-state index contributed by atoms with van der Waals surface area (Å²) in [6, 6.07) is 11.1. The van der Waals surface area contributed by atoms with Crippen LogP contribution in [0.1, 0.15) is 40.1 Å². The van der Waals surface area contributed by atoms with E-state index in [0.29, 0.717) is 16.9 Å². The van der Waals surface area contributed by atoms with Crippen LogP contribution in [-0.2, 0) is 11.3 Å². The van der Waals surface area contributed by atoms with E-state index in [4.69, 9.17) is 0 Å². The van der Waals surface area contributed by atoms with Gasteiger partial charge in [0.1, 0.15) is 6.04 Å². The maximum Gasteiger partial charge on any atom is 0.262 e. The third-order valence-electron chi connectivity index (χ3n) is 5.05. The Hall–Kier alpha value is -3.81. The number of hydrogen-bond acceptors (Lipinski definition) is 5. The largest absolute Gasteiger partial charge is 0.350 e. The van der Waals surface area contributed by atoms with Gasteiger partial charge in [-0.3, -0.25) is 19.3 Å². The highest BCUT2D eigenvalue weighted by molar-refractivity contribution is 6.22. The zero-order valence-electron chi connectivity index (χ0n) is 16.6. The fourth-order valence-corrected chi connectivity index (χ4v) is 3.63. The molecule has 1 atom stereocenters. The van der Waals surface area contributed by atoms with Gasteiger partial charge in [0.15, 0.2) is 5.82 Å². The number of amides is 3. The smallest absolute Gasteiger partial charge is 0.262 e. The van der Waals surface area contributed by atoms with Crippen LogP contribution in [0.4, 0.5) is 0 Å². The monoisotopic (exact) mass is 403 g/mol. The fraction of sp³-hybridized carbons (Fsp3) is 0.227. The third-order valence-corrected chi connectivity index (χ3v) is 5.05. The van der Waals surface area contributed by atoms with Gasteiger partial charge in [-0.1, -0.05) is 32.0 Å². The number of imide groups is 1. The number of benzene rings is 1. The number of fused-ring (bicyclic) bond motifs is 1. The molecule has 0 bridgehead atoms. The van der Waals surface area contributed by atoms with E-state index in [1.54, 1.807) is 59.7 Å². The van der Waals surface area contributed by atoms with E-state index in [-0.39, 0.29) is 12.5 Å². The Morgan fingerprint density at radius 3 is 2.30 bits per heavy atom. The number of hydrogen-bond donors (Lipinski definition) is 1. The molecule has 3 amide bonds. The molecular weight excluding hydrogens is 382 g/mol. The Labute approximate surface area is 173 Å². The molecule has 8 nitrogen and oxygen atoms in total. The molecule has 0 radical (unpaired) electrons. The molecule has 1 aromatic carbocycles. The number of carbonyl (C=O) groups excluding carboxylic acids is 3. The van der Waals surface area contributed by atoms with Crippen LogP contribution >= 0.6 is 0 Å². The van der Waals surface area contributed by atoms with Gasteiger partial charge < -0.3 is 5.32 Å². The number of nitrogens with one attached hydrogen (secondary N) is 1. The number of nitrogens with zero attached hydrogens (tertiary/aromatic N) is 4. The van der Waals surface area contributed by atoms with Gasteiger partial charge in [-0.2, -0.15) is 5.10 Å². The van der Waals surface area contributed by atoms with Gasteiger partial charge in [-0.25, -0.2) is 9.67 Å². The summed E-state index contributed by atoms with van der Waals surface area (Å²) in [4.78, 5) is 44.2. The molecule has 0 aliphatic carbocycles. The molecule has 0 fully saturated rings. The van der Waals surface area contributed by atoms with E-state index in [1.807, 2.05) is 19.9 Å². The van der Waals surface area contributed by atoms with E-state index < -0.39 is 23.8 Å². The van der Waals surface area contributed by atoms with Crippen molar-refractivity contribution in [2.75, 3.05) is 0 Å². The van der Waals surface area contributed by atoms with E-state index >= 15 is 0 Å². The van der Waals surface area contributed by atoms with Crippen LogP contribution in [0.15, 0.2) is 61.1 Å². The Morgan fingerprint density at radius 1 is 1.00 bits per heavy atom. The second-order valence-electron chi connectivity index (χ2n) is 7.37. The van der Waals surface area contributed by atoms with Crippen molar-refractivity contribution >= 4 is 17.7 Å². The first kappa shape index (κ1) is 19.5. The summed E-state index contributed by atoms with van der Waals surface area (Å²) in [5.74, 6) is -0.933. The van der Waals surface area contributed by atoms with Crippen LogP contribution < -0.4 is 5.32 Å². The van der Waals surface area contributed by atoms with E-state index in [2.05, 4.69) is 15.4 Å². The lowest BCUT2D eigenvalue weighted by molar-refractivity contribution is -0.126. The van der Waals surface area contributed by atoms with Gasteiger partial charge >= 0.3 is 0 Å². The molecular formula is C22H21N5O3. The standard InChI is InChI=1S/C22H21N5O3/c1-14(2)18(27-21(29)16-8-3-4-9-17(16)22(27)30)20(28)24-13-15-7-5-10-23-19(15)26-12-6-11-25-26/h3-12,14,18H,13H2,1-2H3,(H,24,28). The average molecular weight is 403 g/mol. The van der Waals surface area contributed by atoms with Gasteiger partial charge in [-0.15, -0.1) is 0 Å². The molecule has 8 heteroatoms. The van der Waals surface area contributed by atoms with Crippen molar-refractivity contribution in [1.82, 2.24) is 25.0 Å². The van der Waals surface area contributed by atoms with Crippen molar-refractivity contribution < 1.29 is 14.4 Å². The Morgan fingerprint density at radius 2 is 1.70 bits per heavy atom. The lowest BCUT2D eigenvalue weighted by Gasteiger charge is -2.28. The molecule has 1 aliphatic rings. The molecule has 1 unspecified atom stereocenters. The Balaban J connectivity index is 1.56. The van der Waals surface area contributed by atoms with Gasteiger partial charge in [0, 0.05) is 30.7 Å². The molecule has 4 rings (SSSR count). The first-order valence-electron chi connectivity index (χ1n) is 9.67. The van der Waals surface area contributed by atoms with Gasteiger partial charge in [0.25, 0.3) is 11.8 Å². The van der Waals surface area contributed by atoms with Crippen LogP contribution in [0.5, 0.6) is 0 Å². The molecule has 30 heavy (non-hydrogen) atoms. The van der Waals surface area contributed by atoms with Crippen molar-refractivity contribution in [1.29, 1.82) is 0 Å². The minimum atomic E-state index is -0.915. The van der Waals surface area contributed by atoms with Crippen LogP contribution in [-0.4, -0.2) is 43.4 Å². The minimum absolute atomic E-state index is 0.189. The van der Waals surface area contributed by atoms with Crippen molar-refractivity contribution in [2.24, 2.45) is 5.92 Å². The lowest BCUT2D eigenvalue weighted by Crippen LogP contribution is -2.52. The number of aromatic nitrogens is 3. The fourth-order valence-electron chi connectivity index (χ4n) is 3.63. The highest BCUT2D eigenvalue weighted by Crippen LogP contribution is 2.27. The zero-order valence-corrected chi connectivity index (χ0v) is 16.6. The van der Waals surface area contributed by atoms with Crippen LogP contribution in [0, 0.1) is 5.92 Å². The first-order chi connectivity index (χ1) is 14.5. The quantitative estimate of drug-likeness (QED) is 0.637. The minimum Gasteiger partial charge on any atom is -0.350 e. The average Bonchev–Trinajstić information content (AvgIpc) is 3.36. The summed E-state index contributed by atoms with van der Waals surface area (Å²) >= 11 is 0. The van der Waals surface area contributed by atoms with Crippen LogP contribution in [0.25, 0.3) is 5.82 Å². The zero-order chi connectivity index (χ0) is 21.3. The van der Waals surface area contributed by atoms with Crippen molar-refractivity contribution in [3.8, 4) is 5.82 Å². The molecule has 1 aliphatic heterocycles. The predicted molar refractivity (Wildman–Crippen MR) is 109 cm³/mol. The number of carbonyl (C=O) groups is 3. The van der Waals surface area contributed by atoms with Crippen molar-refractivity contribution in [3.05, 3.63) is 77.7 Å². The summed E-state index contributed by atoms with van der Waals surface area (Å²) < 4.78 is 1.62. The summed E-state index contributed by atoms with van der Waals surface area (Å²) in [6.45, 7) is 3.81. The van der Waals surface area contributed by atoms with E-state index in [9.17, 15) is 14.4 Å². The van der Waals surface area contributed by atoms with E-state index in [1.165, 1.54) is 0 Å². The summed E-state index contributed by atoms with van der Waals surface area (Å²) in [5.41, 5.74) is 1.42. The molecule has 0 saturated carbocycles. The summed E-state index contributed by atoms with van der Waals surface area (Å²) in [6.07, 6.45) is 5.06. The normalized spacial score (nSPS) is 14.2. The molecule has 3 heterocycles. The summed E-state index contributed by atoms with van der Waals surface area (Å²) in [5, 5.41) is 7.05. The third kappa shape index (κ3) is 3.36. The predicted octanol–water partition coefficient (Wildman–Crippen LogP) is 2.20. The topological polar surface area (TPSA) is 97.2 Å². The number of pyridine rings is 1. The molecule has 3 aromatic rings. The van der Waals surface area contributed by atoms with Crippen molar-refractivity contribution in [3.63, 3.8) is 0 Å². The Kier molecular flexibility index (Phi) is 5.14. The van der Waals surface area contributed by atoms with Gasteiger partial charge in [0.05, 0.1) is 11.1 Å². The van der Waals surface area contributed by atoms with Gasteiger partial charge in [-0.05, 0) is 30.2 Å². The Bertz CT molecular complexity index is 1070. The molecule has 152 valence electrons. The van der Waals surface area contributed by atoms with Gasteiger partial charge in [0.2, 0.25) is 5.91 Å². The summed E-state index contributed by atoms with van der Waals surface area (Å²) in [7, 11) is 0. The molecule has 2 aromatic heterocycles. The van der Waals surface area contributed by atoms with Crippen LogP contribution in [0.2, 0.25) is 0 Å².